The number of carbonyl (C=O) groups excluding carboxylic acids is 1. The van der Waals surface area contributed by atoms with E-state index in [-0.39, 0.29) is 12.6 Å². The highest BCUT2D eigenvalue weighted by Gasteiger charge is 2.07. The molecule has 0 saturated carbocycles. The zero-order valence-electron chi connectivity index (χ0n) is 11.1. The van der Waals surface area contributed by atoms with Gasteiger partial charge in [-0.25, -0.2) is 4.98 Å². The molecule has 1 heterocycles. The standard InChI is InChI=1S/C14H15ClN2O2/c1-9(18)19-8-10-6-13(15)12-5-4-11(17(2)3)7-14(12)16-10/h4-7H,8H2,1-3H3. The van der Waals surface area contributed by atoms with E-state index in [0.29, 0.717) is 10.7 Å². The second-order valence-electron chi connectivity index (χ2n) is 4.47. The molecule has 0 spiro atoms. The van der Waals surface area contributed by atoms with Crippen molar-refractivity contribution in [3.63, 3.8) is 0 Å². The fourth-order valence-electron chi connectivity index (χ4n) is 1.75. The average molecular weight is 279 g/mol. The molecule has 0 aliphatic carbocycles. The zero-order chi connectivity index (χ0) is 14.0. The van der Waals surface area contributed by atoms with Crippen molar-refractivity contribution in [3.8, 4) is 0 Å². The van der Waals surface area contributed by atoms with Crippen LogP contribution in [0.15, 0.2) is 24.3 Å². The molecule has 2 aromatic rings. The summed E-state index contributed by atoms with van der Waals surface area (Å²) in [6.45, 7) is 1.50. The normalized spacial score (nSPS) is 10.5. The molecule has 100 valence electrons. The van der Waals surface area contributed by atoms with Gasteiger partial charge in [0.2, 0.25) is 0 Å². The van der Waals surface area contributed by atoms with Gasteiger partial charge < -0.3 is 9.64 Å². The van der Waals surface area contributed by atoms with Crippen molar-refractivity contribution in [1.29, 1.82) is 0 Å². The summed E-state index contributed by atoms with van der Waals surface area (Å²) in [5.41, 5.74) is 2.48. The maximum absolute atomic E-state index is 10.8. The van der Waals surface area contributed by atoms with Gasteiger partial charge in [-0.15, -0.1) is 0 Å². The fourth-order valence-corrected chi connectivity index (χ4v) is 2.04. The first-order chi connectivity index (χ1) is 8.97. The lowest BCUT2D eigenvalue weighted by molar-refractivity contribution is -0.142. The Hall–Kier alpha value is -1.81. The molecule has 0 fully saturated rings. The highest BCUT2D eigenvalue weighted by atomic mass is 35.5. The molecule has 0 bridgehead atoms. The first kappa shape index (κ1) is 13.6. The van der Waals surface area contributed by atoms with Crippen LogP contribution in [0.2, 0.25) is 5.02 Å². The van der Waals surface area contributed by atoms with Gasteiger partial charge in [-0.3, -0.25) is 4.79 Å². The summed E-state index contributed by atoms with van der Waals surface area (Å²) in [6, 6.07) is 7.61. The van der Waals surface area contributed by atoms with E-state index in [0.717, 1.165) is 16.6 Å². The number of fused-ring (bicyclic) bond motifs is 1. The lowest BCUT2D eigenvalue weighted by atomic mass is 10.1. The third kappa shape index (κ3) is 3.15. The first-order valence-electron chi connectivity index (χ1n) is 5.87. The predicted octanol–water partition coefficient (Wildman–Crippen LogP) is 3.02. The van der Waals surface area contributed by atoms with E-state index in [1.165, 1.54) is 6.92 Å². The molecule has 0 atom stereocenters. The highest BCUT2D eigenvalue weighted by Crippen LogP contribution is 2.26. The molecule has 0 amide bonds. The highest BCUT2D eigenvalue weighted by molar-refractivity contribution is 6.35. The van der Waals surface area contributed by atoms with Crippen molar-refractivity contribution in [2.45, 2.75) is 13.5 Å². The van der Waals surface area contributed by atoms with Crippen LogP contribution in [-0.2, 0) is 16.1 Å². The van der Waals surface area contributed by atoms with Crippen LogP contribution in [0.3, 0.4) is 0 Å². The van der Waals surface area contributed by atoms with E-state index in [4.69, 9.17) is 16.3 Å². The first-order valence-corrected chi connectivity index (χ1v) is 6.25. The fraction of sp³-hybridized carbons (Fsp3) is 0.286. The summed E-state index contributed by atoms with van der Waals surface area (Å²) < 4.78 is 4.94. The van der Waals surface area contributed by atoms with Gasteiger partial charge >= 0.3 is 5.97 Å². The molecule has 19 heavy (non-hydrogen) atoms. The van der Waals surface area contributed by atoms with Crippen LogP contribution < -0.4 is 4.90 Å². The van der Waals surface area contributed by atoms with Crippen LogP contribution in [0.1, 0.15) is 12.6 Å². The van der Waals surface area contributed by atoms with Crippen LogP contribution in [-0.4, -0.2) is 25.0 Å². The maximum Gasteiger partial charge on any atom is 0.303 e. The zero-order valence-corrected chi connectivity index (χ0v) is 11.9. The maximum atomic E-state index is 10.8. The third-order valence-corrected chi connectivity index (χ3v) is 3.05. The third-order valence-electron chi connectivity index (χ3n) is 2.74. The van der Waals surface area contributed by atoms with Crippen molar-refractivity contribution >= 4 is 34.2 Å². The number of rotatable bonds is 3. The number of hydrogen-bond donors (Lipinski definition) is 0. The number of anilines is 1. The Morgan fingerprint density at radius 1 is 1.37 bits per heavy atom. The molecule has 5 heteroatoms. The van der Waals surface area contributed by atoms with Gasteiger partial charge in [0.15, 0.2) is 0 Å². The average Bonchev–Trinajstić information content (AvgIpc) is 2.35. The molecular weight excluding hydrogens is 264 g/mol. The largest absolute Gasteiger partial charge is 0.459 e. The van der Waals surface area contributed by atoms with E-state index in [2.05, 4.69) is 4.98 Å². The summed E-state index contributed by atoms with van der Waals surface area (Å²) in [5.74, 6) is -0.333. The second-order valence-corrected chi connectivity index (χ2v) is 4.88. The van der Waals surface area contributed by atoms with Crippen molar-refractivity contribution in [3.05, 3.63) is 35.0 Å². The summed E-state index contributed by atoms with van der Waals surface area (Å²) >= 11 is 6.22. The Kier molecular flexibility index (Phi) is 3.90. The van der Waals surface area contributed by atoms with E-state index in [1.54, 1.807) is 6.07 Å². The molecule has 0 unspecified atom stereocenters. The van der Waals surface area contributed by atoms with Crippen LogP contribution in [0.25, 0.3) is 10.9 Å². The van der Waals surface area contributed by atoms with E-state index >= 15 is 0 Å². The number of benzene rings is 1. The van der Waals surface area contributed by atoms with Crippen LogP contribution in [0.4, 0.5) is 5.69 Å². The number of pyridine rings is 1. The van der Waals surface area contributed by atoms with Crippen molar-refractivity contribution in [1.82, 2.24) is 4.98 Å². The van der Waals surface area contributed by atoms with Gasteiger partial charge in [0, 0.05) is 32.1 Å². The summed E-state index contributed by atoms with van der Waals surface area (Å²) in [5, 5.41) is 1.50. The number of ether oxygens (including phenoxy) is 1. The molecule has 0 aliphatic heterocycles. The number of hydrogen-bond acceptors (Lipinski definition) is 4. The predicted molar refractivity (Wildman–Crippen MR) is 76.6 cm³/mol. The van der Waals surface area contributed by atoms with Crippen molar-refractivity contribution < 1.29 is 9.53 Å². The molecule has 2 rings (SSSR count). The van der Waals surface area contributed by atoms with E-state index < -0.39 is 0 Å². The Balaban J connectivity index is 2.43. The smallest absolute Gasteiger partial charge is 0.303 e. The van der Waals surface area contributed by atoms with Crippen LogP contribution >= 0.6 is 11.6 Å². The SMILES string of the molecule is CC(=O)OCc1cc(Cl)c2ccc(N(C)C)cc2n1. The minimum atomic E-state index is -0.333. The molecule has 0 radical (unpaired) electrons. The lowest BCUT2D eigenvalue weighted by Gasteiger charge is -2.13. The minimum absolute atomic E-state index is 0.136. The summed E-state index contributed by atoms with van der Waals surface area (Å²) in [6.07, 6.45) is 0. The van der Waals surface area contributed by atoms with Crippen molar-refractivity contribution in [2.75, 3.05) is 19.0 Å². The number of halogens is 1. The lowest BCUT2D eigenvalue weighted by Crippen LogP contribution is -2.08. The number of aromatic nitrogens is 1. The number of esters is 1. The number of carbonyl (C=O) groups is 1. The summed E-state index contributed by atoms with van der Waals surface area (Å²) in [7, 11) is 3.93. The molecule has 0 aliphatic rings. The Labute approximate surface area is 116 Å². The van der Waals surface area contributed by atoms with Gasteiger partial charge in [0.1, 0.15) is 6.61 Å². The Morgan fingerprint density at radius 2 is 2.11 bits per heavy atom. The minimum Gasteiger partial charge on any atom is -0.459 e. The number of nitrogens with zero attached hydrogens (tertiary/aromatic N) is 2. The Bertz CT molecular complexity index is 626. The molecule has 4 nitrogen and oxygen atoms in total. The van der Waals surface area contributed by atoms with E-state index in [1.807, 2.05) is 37.2 Å². The second kappa shape index (κ2) is 5.45. The summed E-state index contributed by atoms with van der Waals surface area (Å²) in [4.78, 5) is 17.3. The Morgan fingerprint density at radius 3 is 2.74 bits per heavy atom. The van der Waals surface area contributed by atoms with Crippen LogP contribution in [0, 0.1) is 0 Å². The molecule has 1 aromatic carbocycles. The monoisotopic (exact) mass is 278 g/mol. The quantitative estimate of drug-likeness (QED) is 0.810. The van der Waals surface area contributed by atoms with Crippen LogP contribution in [0.5, 0.6) is 0 Å². The molecular formula is C14H15ClN2O2. The van der Waals surface area contributed by atoms with E-state index in [9.17, 15) is 4.79 Å². The van der Waals surface area contributed by atoms with Gasteiger partial charge in [-0.2, -0.15) is 0 Å². The molecule has 0 saturated heterocycles. The topological polar surface area (TPSA) is 42.4 Å². The van der Waals surface area contributed by atoms with Gasteiger partial charge in [0.25, 0.3) is 0 Å². The van der Waals surface area contributed by atoms with Gasteiger partial charge in [-0.05, 0) is 24.3 Å². The van der Waals surface area contributed by atoms with Gasteiger partial charge in [-0.1, -0.05) is 11.6 Å². The van der Waals surface area contributed by atoms with Gasteiger partial charge in [0.05, 0.1) is 16.2 Å². The molecule has 0 N–H and O–H groups in total. The van der Waals surface area contributed by atoms with Crippen molar-refractivity contribution in [2.24, 2.45) is 0 Å². The molecule has 1 aromatic heterocycles.